The standard InChI is InChI=1S/C19H23N3O3/c1-13(2)9-21-10-16(23)11-22(12-18(21)24)19(25)15-5-6-17-14(8-15)4-3-7-20-17/h3-8,13,16,23H,9-12H2,1-2H3. The van der Waals surface area contributed by atoms with Crippen LogP contribution in [0.25, 0.3) is 10.9 Å². The number of aliphatic hydroxyl groups is 1. The second-order valence-electron chi connectivity index (χ2n) is 6.94. The molecule has 1 aromatic heterocycles. The molecule has 2 aromatic rings. The van der Waals surface area contributed by atoms with Gasteiger partial charge in [0.15, 0.2) is 0 Å². The Morgan fingerprint density at radius 2 is 2.12 bits per heavy atom. The van der Waals surface area contributed by atoms with Crippen LogP contribution in [-0.4, -0.2) is 64.0 Å². The molecule has 3 rings (SSSR count). The van der Waals surface area contributed by atoms with Gasteiger partial charge in [0.25, 0.3) is 5.91 Å². The fraction of sp³-hybridized carbons (Fsp3) is 0.421. The highest BCUT2D eigenvalue weighted by Crippen LogP contribution is 2.17. The van der Waals surface area contributed by atoms with Gasteiger partial charge in [-0.15, -0.1) is 0 Å². The fourth-order valence-corrected chi connectivity index (χ4v) is 3.16. The minimum absolute atomic E-state index is 0.00626. The van der Waals surface area contributed by atoms with Crippen molar-refractivity contribution in [1.82, 2.24) is 14.8 Å². The summed E-state index contributed by atoms with van der Waals surface area (Å²) in [5, 5.41) is 11.1. The Balaban J connectivity index is 1.81. The molecule has 0 saturated carbocycles. The molecule has 0 bridgehead atoms. The summed E-state index contributed by atoms with van der Waals surface area (Å²) in [5.74, 6) is -0.0583. The van der Waals surface area contributed by atoms with Crippen LogP contribution >= 0.6 is 0 Å². The van der Waals surface area contributed by atoms with Gasteiger partial charge >= 0.3 is 0 Å². The van der Waals surface area contributed by atoms with Crippen molar-refractivity contribution in [3.63, 3.8) is 0 Å². The highest BCUT2D eigenvalue weighted by molar-refractivity contribution is 5.99. The molecule has 1 saturated heterocycles. The average Bonchev–Trinajstić information content (AvgIpc) is 2.72. The van der Waals surface area contributed by atoms with Crippen LogP contribution in [-0.2, 0) is 4.79 Å². The number of amides is 2. The van der Waals surface area contributed by atoms with E-state index >= 15 is 0 Å². The Morgan fingerprint density at radius 1 is 1.32 bits per heavy atom. The zero-order valence-corrected chi connectivity index (χ0v) is 14.6. The van der Waals surface area contributed by atoms with Crippen LogP contribution in [0.2, 0.25) is 0 Å². The number of rotatable bonds is 3. The molecule has 6 nitrogen and oxygen atoms in total. The molecule has 132 valence electrons. The molecule has 0 spiro atoms. The number of aromatic nitrogens is 1. The lowest BCUT2D eigenvalue weighted by Crippen LogP contribution is -2.40. The molecule has 1 aromatic carbocycles. The number of pyridine rings is 1. The van der Waals surface area contributed by atoms with Crippen LogP contribution in [0.15, 0.2) is 36.5 Å². The van der Waals surface area contributed by atoms with Gasteiger partial charge < -0.3 is 14.9 Å². The third kappa shape index (κ3) is 3.96. The molecular weight excluding hydrogens is 318 g/mol. The Kier molecular flexibility index (Phi) is 4.99. The first kappa shape index (κ1) is 17.4. The summed E-state index contributed by atoms with van der Waals surface area (Å²) in [6, 6.07) is 9.00. The van der Waals surface area contributed by atoms with Crippen molar-refractivity contribution in [3.05, 3.63) is 42.1 Å². The lowest BCUT2D eigenvalue weighted by molar-refractivity contribution is -0.131. The van der Waals surface area contributed by atoms with Crippen molar-refractivity contribution >= 4 is 22.7 Å². The topological polar surface area (TPSA) is 73.7 Å². The van der Waals surface area contributed by atoms with E-state index in [0.717, 1.165) is 10.9 Å². The molecule has 1 atom stereocenters. The number of β-amino-alcohol motifs (C(OH)–C–C–N with tert-alkyl or cyclic N) is 1. The van der Waals surface area contributed by atoms with Gasteiger partial charge in [-0.1, -0.05) is 19.9 Å². The van der Waals surface area contributed by atoms with Crippen molar-refractivity contribution in [1.29, 1.82) is 0 Å². The molecule has 1 fully saturated rings. The fourth-order valence-electron chi connectivity index (χ4n) is 3.16. The van der Waals surface area contributed by atoms with E-state index in [1.54, 1.807) is 29.3 Å². The first-order valence-corrected chi connectivity index (χ1v) is 8.54. The monoisotopic (exact) mass is 341 g/mol. The average molecular weight is 341 g/mol. The van der Waals surface area contributed by atoms with Gasteiger partial charge in [-0.05, 0) is 30.2 Å². The minimum Gasteiger partial charge on any atom is -0.389 e. The Labute approximate surface area is 147 Å². The van der Waals surface area contributed by atoms with E-state index in [1.165, 1.54) is 4.90 Å². The van der Waals surface area contributed by atoms with Gasteiger partial charge in [0.2, 0.25) is 5.91 Å². The molecule has 1 unspecified atom stereocenters. The Hall–Kier alpha value is -2.47. The second kappa shape index (κ2) is 7.19. The van der Waals surface area contributed by atoms with E-state index in [9.17, 15) is 14.7 Å². The van der Waals surface area contributed by atoms with Crippen LogP contribution in [0.1, 0.15) is 24.2 Å². The lowest BCUT2D eigenvalue weighted by atomic mass is 10.1. The van der Waals surface area contributed by atoms with Gasteiger partial charge in [0, 0.05) is 36.8 Å². The molecule has 0 radical (unpaired) electrons. The van der Waals surface area contributed by atoms with Gasteiger partial charge in [-0.2, -0.15) is 0 Å². The summed E-state index contributed by atoms with van der Waals surface area (Å²) in [7, 11) is 0. The van der Waals surface area contributed by atoms with Crippen molar-refractivity contribution < 1.29 is 14.7 Å². The van der Waals surface area contributed by atoms with E-state index in [-0.39, 0.29) is 31.4 Å². The van der Waals surface area contributed by atoms with Crippen molar-refractivity contribution in [2.75, 3.05) is 26.2 Å². The third-order valence-electron chi connectivity index (χ3n) is 4.26. The third-order valence-corrected chi connectivity index (χ3v) is 4.26. The number of hydrogen-bond donors (Lipinski definition) is 1. The van der Waals surface area contributed by atoms with Crippen LogP contribution in [0.4, 0.5) is 0 Å². The highest BCUT2D eigenvalue weighted by Gasteiger charge is 2.30. The number of hydrogen-bond acceptors (Lipinski definition) is 4. The molecular formula is C19H23N3O3. The largest absolute Gasteiger partial charge is 0.389 e. The highest BCUT2D eigenvalue weighted by atomic mass is 16.3. The summed E-state index contributed by atoms with van der Waals surface area (Å²) >= 11 is 0. The van der Waals surface area contributed by atoms with Crippen molar-refractivity contribution in [2.45, 2.75) is 20.0 Å². The van der Waals surface area contributed by atoms with Gasteiger partial charge in [-0.25, -0.2) is 0 Å². The quantitative estimate of drug-likeness (QED) is 0.919. The SMILES string of the molecule is CC(C)CN1CC(O)CN(C(=O)c2ccc3ncccc3c2)CC1=O. The maximum absolute atomic E-state index is 12.8. The minimum atomic E-state index is -0.740. The molecule has 1 aliphatic heterocycles. The summed E-state index contributed by atoms with van der Waals surface area (Å²) in [5.41, 5.74) is 1.31. The smallest absolute Gasteiger partial charge is 0.254 e. The predicted octanol–water partition coefficient (Wildman–Crippen LogP) is 1.54. The van der Waals surface area contributed by atoms with Crippen molar-refractivity contribution in [3.8, 4) is 0 Å². The molecule has 2 amide bonds. The van der Waals surface area contributed by atoms with Crippen LogP contribution in [0.5, 0.6) is 0 Å². The molecule has 25 heavy (non-hydrogen) atoms. The van der Waals surface area contributed by atoms with E-state index in [1.807, 2.05) is 26.0 Å². The molecule has 0 aliphatic carbocycles. The Bertz CT molecular complexity index is 790. The van der Waals surface area contributed by atoms with E-state index in [2.05, 4.69) is 4.98 Å². The molecule has 1 N–H and O–H groups in total. The molecule has 6 heteroatoms. The van der Waals surface area contributed by atoms with Gasteiger partial charge in [0.1, 0.15) is 6.54 Å². The maximum atomic E-state index is 12.8. The first-order chi connectivity index (χ1) is 11.9. The van der Waals surface area contributed by atoms with Crippen LogP contribution in [0.3, 0.4) is 0 Å². The number of benzene rings is 1. The predicted molar refractivity (Wildman–Crippen MR) is 95.1 cm³/mol. The first-order valence-electron chi connectivity index (χ1n) is 8.54. The van der Waals surface area contributed by atoms with Crippen molar-refractivity contribution in [2.24, 2.45) is 5.92 Å². The molecule has 1 aliphatic rings. The summed E-state index contributed by atoms with van der Waals surface area (Å²) in [4.78, 5) is 32.6. The normalized spacial score (nSPS) is 18.7. The lowest BCUT2D eigenvalue weighted by Gasteiger charge is -2.23. The second-order valence-corrected chi connectivity index (χ2v) is 6.94. The summed E-state index contributed by atoms with van der Waals surface area (Å²) < 4.78 is 0. The zero-order chi connectivity index (χ0) is 18.0. The number of carbonyl (C=O) groups excluding carboxylic acids is 2. The van der Waals surface area contributed by atoms with E-state index < -0.39 is 6.10 Å². The Morgan fingerprint density at radius 3 is 2.88 bits per heavy atom. The number of carbonyl (C=O) groups is 2. The van der Waals surface area contributed by atoms with Gasteiger partial charge in [-0.3, -0.25) is 14.6 Å². The maximum Gasteiger partial charge on any atom is 0.254 e. The summed E-state index contributed by atoms with van der Waals surface area (Å²) in [6.07, 6.45) is 0.966. The van der Waals surface area contributed by atoms with E-state index in [0.29, 0.717) is 18.0 Å². The van der Waals surface area contributed by atoms with E-state index in [4.69, 9.17) is 0 Å². The van der Waals surface area contributed by atoms with Gasteiger partial charge in [0.05, 0.1) is 11.6 Å². The number of nitrogens with zero attached hydrogens (tertiary/aromatic N) is 3. The van der Waals surface area contributed by atoms with Crippen LogP contribution < -0.4 is 0 Å². The summed E-state index contributed by atoms with van der Waals surface area (Å²) in [6.45, 7) is 5.05. The number of fused-ring (bicyclic) bond motifs is 1. The van der Waals surface area contributed by atoms with Crippen LogP contribution in [0, 0.1) is 5.92 Å². The zero-order valence-electron chi connectivity index (χ0n) is 14.6. The number of aliphatic hydroxyl groups excluding tert-OH is 1. The molecule has 2 heterocycles.